The number of thiazole rings is 1. The van der Waals surface area contributed by atoms with E-state index >= 15 is 0 Å². The fourth-order valence-electron chi connectivity index (χ4n) is 1.63. The number of amides is 1. The van der Waals surface area contributed by atoms with Crippen molar-refractivity contribution in [3.05, 3.63) is 34.7 Å². The van der Waals surface area contributed by atoms with Crippen molar-refractivity contribution in [3.8, 4) is 11.3 Å². The molecule has 2 aromatic rings. The Morgan fingerprint density at radius 1 is 1.37 bits per heavy atom. The van der Waals surface area contributed by atoms with Crippen molar-refractivity contribution in [2.45, 2.75) is 20.3 Å². The van der Waals surface area contributed by atoms with Crippen LogP contribution in [0.1, 0.15) is 17.5 Å². The van der Waals surface area contributed by atoms with Crippen LogP contribution >= 0.6 is 22.9 Å². The highest BCUT2D eigenvalue weighted by molar-refractivity contribution is 7.14. The largest absolute Gasteiger partial charge is 0.302 e. The minimum absolute atomic E-state index is 0.101. The quantitative estimate of drug-likeness (QED) is 0.866. The van der Waals surface area contributed by atoms with E-state index in [1.54, 1.807) is 0 Å². The first-order chi connectivity index (χ1) is 9.10. The van der Waals surface area contributed by atoms with Gasteiger partial charge in [0.2, 0.25) is 5.91 Å². The molecule has 1 heterocycles. The molecule has 0 unspecified atom stereocenters. The predicted molar refractivity (Wildman–Crippen MR) is 81.0 cm³/mol. The summed E-state index contributed by atoms with van der Waals surface area (Å²) >= 11 is 6.94. The number of hydrogen-bond acceptors (Lipinski definition) is 3. The Morgan fingerprint density at radius 2 is 2.16 bits per heavy atom. The molecule has 0 aliphatic rings. The molecule has 1 N–H and O–H groups in total. The zero-order chi connectivity index (χ0) is 13.8. The number of aryl methyl sites for hydroxylation is 2. The minimum Gasteiger partial charge on any atom is -0.302 e. The lowest BCUT2D eigenvalue weighted by molar-refractivity contribution is -0.115. The monoisotopic (exact) mass is 294 g/mol. The van der Waals surface area contributed by atoms with Crippen LogP contribution in [-0.4, -0.2) is 16.8 Å². The third kappa shape index (κ3) is 3.55. The zero-order valence-electron chi connectivity index (χ0n) is 10.9. The second-order valence-corrected chi connectivity index (χ2v) is 5.56. The smallest absolute Gasteiger partial charge is 0.227 e. The maximum Gasteiger partial charge on any atom is 0.227 e. The molecule has 0 bridgehead atoms. The van der Waals surface area contributed by atoms with Crippen LogP contribution in [-0.2, 0) is 4.79 Å². The topological polar surface area (TPSA) is 42.0 Å². The summed E-state index contributed by atoms with van der Waals surface area (Å²) in [6.45, 7) is 4.16. The molecule has 1 aromatic carbocycles. The fourth-order valence-corrected chi connectivity index (χ4v) is 2.54. The molecule has 0 spiro atoms. The summed E-state index contributed by atoms with van der Waals surface area (Å²) in [4.78, 5) is 15.8. The molecule has 0 atom stereocenters. The number of carbonyl (C=O) groups is 1. The third-order valence-corrected chi connectivity index (χ3v) is 3.82. The minimum atomic E-state index is -0.101. The molecule has 0 radical (unpaired) electrons. The van der Waals surface area contributed by atoms with E-state index in [1.165, 1.54) is 22.5 Å². The lowest BCUT2D eigenvalue weighted by atomic mass is 10.1. The highest BCUT2D eigenvalue weighted by Crippen LogP contribution is 2.26. The van der Waals surface area contributed by atoms with E-state index in [-0.39, 0.29) is 5.91 Å². The van der Waals surface area contributed by atoms with Gasteiger partial charge in [-0.3, -0.25) is 4.79 Å². The number of hydrogen-bond donors (Lipinski definition) is 1. The number of nitrogens with zero attached hydrogens (tertiary/aromatic N) is 1. The highest BCUT2D eigenvalue weighted by Gasteiger charge is 2.08. The number of alkyl halides is 1. The summed E-state index contributed by atoms with van der Waals surface area (Å²) in [5.74, 6) is 0.220. The first kappa shape index (κ1) is 14.0. The van der Waals surface area contributed by atoms with Gasteiger partial charge < -0.3 is 5.32 Å². The van der Waals surface area contributed by atoms with E-state index < -0.39 is 0 Å². The fraction of sp³-hybridized carbons (Fsp3) is 0.286. The van der Waals surface area contributed by atoms with Gasteiger partial charge in [-0.1, -0.05) is 12.1 Å². The first-order valence-electron chi connectivity index (χ1n) is 5.99. The third-order valence-electron chi connectivity index (χ3n) is 2.87. The Balaban J connectivity index is 2.16. The number of carbonyl (C=O) groups excluding carboxylic acids is 1. The van der Waals surface area contributed by atoms with Crippen LogP contribution in [0.15, 0.2) is 23.6 Å². The molecule has 0 fully saturated rings. The zero-order valence-corrected chi connectivity index (χ0v) is 12.4. The Morgan fingerprint density at radius 3 is 2.84 bits per heavy atom. The Kier molecular flexibility index (Phi) is 4.56. The molecule has 3 nitrogen and oxygen atoms in total. The molecule has 19 heavy (non-hydrogen) atoms. The van der Waals surface area contributed by atoms with Gasteiger partial charge in [0.1, 0.15) is 0 Å². The average molecular weight is 295 g/mol. The summed E-state index contributed by atoms with van der Waals surface area (Å²) in [5, 5.41) is 5.30. The van der Waals surface area contributed by atoms with Gasteiger partial charge in [0.15, 0.2) is 5.13 Å². The van der Waals surface area contributed by atoms with Gasteiger partial charge >= 0.3 is 0 Å². The van der Waals surface area contributed by atoms with Crippen LogP contribution in [0.4, 0.5) is 5.13 Å². The Bertz CT molecular complexity index is 595. The van der Waals surface area contributed by atoms with Crippen LogP contribution < -0.4 is 5.32 Å². The highest BCUT2D eigenvalue weighted by atomic mass is 35.5. The van der Waals surface area contributed by atoms with Gasteiger partial charge in [-0.15, -0.1) is 22.9 Å². The van der Waals surface area contributed by atoms with Crippen LogP contribution in [0, 0.1) is 13.8 Å². The standard InChI is InChI=1S/C14H15ClN2OS/c1-9-3-4-11(7-10(9)2)12-8-19-14(16-12)17-13(18)5-6-15/h3-4,7-8H,5-6H2,1-2H3,(H,16,17,18). The second-order valence-electron chi connectivity index (χ2n) is 4.32. The summed E-state index contributed by atoms with van der Waals surface area (Å²) in [5.41, 5.74) is 4.44. The van der Waals surface area contributed by atoms with Gasteiger partial charge in [-0.05, 0) is 31.0 Å². The molecule has 1 aromatic heterocycles. The maximum atomic E-state index is 11.4. The molecule has 0 saturated heterocycles. The normalized spacial score (nSPS) is 10.5. The van der Waals surface area contributed by atoms with E-state index in [0.29, 0.717) is 17.4 Å². The summed E-state index contributed by atoms with van der Waals surface area (Å²) in [6.07, 6.45) is 0.306. The maximum absolute atomic E-state index is 11.4. The molecule has 2 rings (SSSR count). The number of rotatable bonds is 4. The summed E-state index contributed by atoms with van der Waals surface area (Å²) < 4.78 is 0. The van der Waals surface area contributed by atoms with E-state index in [1.807, 2.05) is 11.4 Å². The molecule has 1 amide bonds. The molecular weight excluding hydrogens is 280 g/mol. The van der Waals surface area contributed by atoms with Crippen LogP contribution in [0.2, 0.25) is 0 Å². The SMILES string of the molecule is Cc1ccc(-c2csc(NC(=O)CCCl)n2)cc1C. The lowest BCUT2D eigenvalue weighted by Gasteiger charge is -2.02. The van der Waals surface area contributed by atoms with Crippen LogP contribution in [0.25, 0.3) is 11.3 Å². The lowest BCUT2D eigenvalue weighted by Crippen LogP contribution is -2.11. The van der Waals surface area contributed by atoms with Gasteiger partial charge in [-0.2, -0.15) is 0 Å². The summed E-state index contributed by atoms with van der Waals surface area (Å²) in [6, 6.07) is 6.23. The molecule has 5 heteroatoms. The van der Waals surface area contributed by atoms with E-state index in [9.17, 15) is 4.79 Å². The Labute approximate surface area is 121 Å². The predicted octanol–water partition coefficient (Wildman–Crippen LogP) is 3.99. The summed E-state index contributed by atoms with van der Waals surface area (Å²) in [7, 11) is 0. The van der Waals surface area contributed by atoms with Gasteiger partial charge in [0.25, 0.3) is 0 Å². The molecule has 0 aliphatic carbocycles. The van der Waals surface area contributed by atoms with Crippen molar-refractivity contribution >= 4 is 34.0 Å². The number of benzene rings is 1. The number of aromatic nitrogens is 1. The molecular formula is C14H15ClN2OS. The molecule has 100 valence electrons. The van der Waals surface area contributed by atoms with Crippen LogP contribution in [0.5, 0.6) is 0 Å². The van der Waals surface area contributed by atoms with E-state index in [2.05, 4.69) is 36.3 Å². The van der Waals surface area contributed by atoms with Gasteiger partial charge in [0, 0.05) is 23.2 Å². The van der Waals surface area contributed by atoms with Crippen molar-refractivity contribution in [3.63, 3.8) is 0 Å². The average Bonchev–Trinajstić information content (AvgIpc) is 2.81. The second kappa shape index (κ2) is 6.17. The molecule has 0 aliphatic heterocycles. The first-order valence-corrected chi connectivity index (χ1v) is 7.40. The number of anilines is 1. The van der Waals surface area contributed by atoms with Crippen molar-refractivity contribution in [1.29, 1.82) is 0 Å². The molecule has 0 saturated carbocycles. The Hall–Kier alpha value is -1.39. The van der Waals surface area contributed by atoms with E-state index in [0.717, 1.165) is 11.3 Å². The van der Waals surface area contributed by atoms with Crippen molar-refractivity contribution < 1.29 is 4.79 Å². The van der Waals surface area contributed by atoms with Crippen molar-refractivity contribution in [2.75, 3.05) is 11.2 Å². The van der Waals surface area contributed by atoms with E-state index in [4.69, 9.17) is 11.6 Å². The number of nitrogens with one attached hydrogen (secondary N) is 1. The number of halogens is 1. The van der Waals surface area contributed by atoms with Crippen molar-refractivity contribution in [2.24, 2.45) is 0 Å². The van der Waals surface area contributed by atoms with Crippen molar-refractivity contribution in [1.82, 2.24) is 4.98 Å². The van der Waals surface area contributed by atoms with Crippen LogP contribution in [0.3, 0.4) is 0 Å². The van der Waals surface area contributed by atoms with Gasteiger partial charge in [0.05, 0.1) is 5.69 Å². The van der Waals surface area contributed by atoms with Gasteiger partial charge in [-0.25, -0.2) is 4.98 Å².